The average molecular weight is 341 g/mol. The molecule has 1 atom stereocenters. The molecule has 0 bridgehead atoms. The lowest BCUT2D eigenvalue weighted by atomic mass is 10.0. The van der Waals surface area contributed by atoms with Crippen molar-refractivity contribution in [1.82, 2.24) is 15.1 Å². The van der Waals surface area contributed by atoms with E-state index in [-0.39, 0.29) is 11.9 Å². The van der Waals surface area contributed by atoms with Crippen molar-refractivity contribution in [2.45, 2.75) is 31.1 Å². The molecule has 1 aliphatic carbocycles. The summed E-state index contributed by atoms with van der Waals surface area (Å²) in [6.45, 7) is 0.658. The van der Waals surface area contributed by atoms with Gasteiger partial charge < -0.3 is 5.32 Å². The Labute approximate surface area is 139 Å². The molecule has 1 aromatic rings. The van der Waals surface area contributed by atoms with Crippen LogP contribution in [0.15, 0.2) is 30.3 Å². The first kappa shape index (κ1) is 17.2. The molecule has 2 aliphatic rings. The normalized spacial score (nSPS) is 21.5. The zero-order chi connectivity index (χ0) is 17.2. The molecular weight excluding hydrogens is 319 g/mol. The first-order valence-electron chi connectivity index (χ1n) is 8.31. The van der Waals surface area contributed by atoms with Crippen molar-refractivity contribution in [2.75, 3.05) is 32.7 Å². The molecule has 24 heavy (non-hydrogen) atoms. The van der Waals surface area contributed by atoms with Gasteiger partial charge in [0.25, 0.3) is 0 Å². The largest absolute Gasteiger partial charge is 0.401 e. The molecule has 0 spiro atoms. The van der Waals surface area contributed by atoms with Crippen LogP contribution >= 0.6 is 0 Å². The Bertz CT molecular complexity index is 552. The lowest BCUT2D eigenvalue weighted by Gasteiger charge is -2.39. The Morgan fingerprint density at radius 1 is 1.12 bits per heavy atom. The van der Waals surface area contributed by atoms with E-state index in [4.69, 9.17) is 0 Å². The monoisotopic (exact) mass is 341 g/mol. The molecule has 3 rings (SSSR count). The van der Waals surface area contributed by atoms with Crippen molar-refractivity contribution < 1.29 is 18.0 Å². The van der Waals surface area contributed by atoms with E-state index in [1.165, 1.54) is 4.90 Å². The predicted octanol–water partition coefficient (Wildman–Crippen LogP) is 2.19. The second-order valence-corrected chi connectivity index (χ2v) is 6.52. The van der Waals surface area contributed by atoms with E-state index >= 15 is 0 Å². The van der Waals surface area contributed by atoms with Gasteiger partial charge in [-0.3, -0.25) is 14.6 Å². The first-order valence-corrected chi connectivity index (χ1v) is 8.31. The maximum Gasteiger partial charge on any atom is 0.401 e. The lowest BCUT2D eigenvalue weighted by Crippen LogP contribution is -2.52. The summed E-state index contributed by atoms with van der Waals surface area (Å²) in [5.41, 5.74) is 0.889. The Morgan fingerprint density at radius 2 is 1.75 bits per heavy atom. The summed E-state index contributed by atoms with van der Waals surface area (Å²) in [6, 6.07) is 9.29. The number of hydrogen-bond donors (Lipinski definition) is 1. The fourth-order valence-corrected chi connectivity index (χ4v) is 3.10. The van der Waals surface area contributed by atoms with Crippen LogP contribution in [0.5, 0.6) is 0 Å². The van der Waals surface area contributed by atoms with Crippen molar-refractivity contribution in [3.63, 3.8) is 0 Å². The zero-order valence-corrected chi connectivity index (χ0v) is 13.4. The van der Waals surface area contributed by atoms with E-state index in [0.29, 0.717) is 26.2 Å². The minimum atomic E-state index is -4.18. The van der Waals surface area contributed by atoms with Crippen molar-refractivity contribution in [1.29, 1.82) is 0 Å². The molecular formula is C17H22F3N3O. The maximum atomic E-state index is 12.7. The van der Waals surface area contributed by atoms with E-state index < -0.39 is 18.8 Å². The van der Waals surface area contributed by atoms with Gasteiger partial charge in [-0.2, -0.15) is 13.2 Å². The van der Waals surface area contributed by atoms with Gasteiger partial charge in [-0.15, -0.1) is 0 Å². The Morgan fingerprint density at radius 3 is 2.29 bits per heavy atom. The molecule has 4 nitrogen and oxygen atoms in total. The Balaban J connectivity index is 1.66. The van der Waals surface area contributed by atoms with Gasteiger partial charge in [0.1, 0.15) is 6.04 Å². The maximum absolute atomic E-state index is 12.7. The number of rotatable bonds is 5. The number of amides is 1. The average Bonchev–Trinajstić information content (AvgIpc) is 3.33. The number of carbonyl (C=O) groups is 1. The molecule has 1 N–H and O–H groups in total. The number of piperazine rings is 1. The SMILES string of the molecule is O=C(NC1CC1)C(c1ccccc1)N1CCN(CC(F)(F)F)CC1. The number of nitrogens with zero attached hydrogens (tertiary/aromatic N) is 2. The fraction of sp³-hybridized carbons (Fsp3) is 0.588. The molecule has 1 saturated carbocycles. The summed E-state index contributed by atoms with van der Waals surface area (Å²) in [5.74, 6) is -0.0482. The van der Waals surface area contributed by atoms with Crippen molar-refractivity contribution in [2.24, 2.45) is 0 Å². The van der Waals surface area contributed by atoms with Gasteiger partial charge >= 0.3 is 6.18 Å². The van der Waals surface area contributed by atoms with Gasteiger partial charge in [0.05, 0.1) is 6.54 Å². The molecule has 132 valence electrons. The first-order chi connectivity index (χ1) is 11.4. The van der Waals surface area contributed by atoms with Crippen LogP contribution in [0, 0.1) is 0 Å². The highest BCUT2D eigenvalue weighted by molar-refractivity contribution is 5.83. The highest BCUT2D eigenvalue weighted by Gasteiger charge is 2.36. The highest BCUT2D eigenvalue weighted by atomic mass is 19.4. The molecule has 1 amide bonds. The summed E-state index contributed by atoms with van der Waals surface area (Å²) in [7, 11) is 0. The third-order valence-corrected chi connectivity index (χ3v) is 4.46. The molecule has 1 unspecified atom stereocenters. The molecule has 0 radical (unpaired) electrons. The van der Waals surface area contributed by atoms with Gasteiger partial charge in [-0.05, 0) is 18.4 Å². The van der Waals surface area contributed by atoms with E-state index in [0.717, 1.165) is 18.4 Å². The quantitative estimate of drug-likeness (QED) is 0.892. The molecule has 1 heterocycles. The molecule has 1 aromatic carbocycles. The summed E-state index contributed by atoms with van der Waals surface area (Å²) < 4.78 is 37.6. The highest BCUT2D eigenvalue weighted by Crippen LogP contribution is 2.26. The summed E-state index contributed by atoms with van der Waals surface area (Å²) in [6.07, 6.45) is -2.16. The molecule has 1 saturated heterocycles. The van der Waals surface area contributed by atoms with Crippen LogP contribution in [-0.2, 0) is 4.79 Å². The lowest BCUT2D eigenvalue weighted by molar-refractivity contribution is -0.151. The second kappa shape index (κ2) is 7.11. The third kappa shape index (κ3) is 4.70. The fourth-order valence-electron chi connectivity index (χ4n) is 3.10. The summed E-state index contributed by atoms with van der Waals surface area (Å²) >= 11 is 0. The molecule has 0 aromatic heterocycles. The predicted molar refractivity (Wildman–Crippen MR) is 84.4 cm³/mol. The minimum absolute atomic E-state index is 0.0482. The van der Waals surface area contributed by atoms with E-state index in [2.05, 4.69) is 5.32 Å². The number of alkyl halides is 3. The molecule has 2 fully saturated rings. The van der Waals surface area contributed by atoms with Crippen LogP contribution in [0.4, 0.5) is 13.2 Å². The van der Waals surface area contributed by atoms with Crippen LogP contribution in [0.3, 0.4) is 0 Å². The van der Waals surface area contributed by atoms with Gasteiger partial charge in [0.15, 0.2) is 0 Å². The number of carbonyl (C=O) groups excluding carboxylic acids is 1. The van der Waals surface area contributed by atoms with E-state index in [1.807, 2.05) is 35.2 Å². The number of halogens is 3. The van der Waals surface area contributed by atoms with Crippen molar-refractivity contribution in [3.05, 3.63) is 35.9 Å². The van der Waals surface area contributed by atoms with Crippen molar-refractivity contribution in [3.8, 4) is 0 Å². The topological polar surface area (TPSA) is 35.6 Å². The second-order valence-electron chi connectivity index (χ2n) is 6.52. The van der Waals surface area contributed by atoms with E-state index in [9.17, 15) is 18.0 Å². The van der Waals surface area contributed by atoms with Gasteiger partial charge in [0.2, 0.25) is 5.91 Å². The summed E-state index contributed by atoms with van der Waals surface area (Å²) in [4.78, 5) is 16.0. The number of benzene rings is 1. The third-order valence-electron chi connectivity index (χ3n) is 4.46. The molecule has 7 heteroatoms. The van der Waals surface area contributed by atoms with Crippen LogP contribution in [0.25, 0.3) is 0 Å². The smallest absolute Gasteiger partial charge is 0.352 e. The van der Waals surface area contributed by atoms with Crippen LogP contribution in [0.1, 0.15) is 24.4 Å². The number of nitrogens with one attached hydrogen (secondary N) is 1. The molecule has 1 aliphatic heterocycles. The zero-order valence-electron chi connectivity index (χ0n) is 13.4. The Hall–Kier alpha value is -1.60. The van der Waals surface area contributed by atoms with Gasteiger partial charge in [-0.1, -0.05) is 30.3 Å². The number of hydrogen-bond acceptors (Lipinski definition) is 3. The standard InChI is InChI=1S/C17H22F3N3O/c18-17(19,20)12-22-8-10-23(11-9-22)15(13-4-2-1-3-5-13)16(24)21-14-6-7-14/h1-5,14-15H,6-12H2,(H,21,24). The van der Waals surface area contributed by atoms with Gasteiger partial charge in [-0.25, -0.2) is 0 Å². The van der Waals surface area contributed by atoms with Crippen LogP contribution in [0.2, 0.25) is 0 Å². The summed E-state index contributed by atoms with van der Waals surface area (Å²) in [5, 5.41) is 3.02. The van der Waals surface area contributed by atoms with Crippen molar-refractivity contribution >= 4 is 5.91 Å². The Kier molecular flexibility index (Phi) is 5.10. The van der Waals surface area contributed by atoms with Crippen LogP contribution in [-0.4, -0.2) is 60.6 Å². The van der Waals surface area contributed by atoms with E-state index in [1.54, 1.807) is 0 Å². The minimum Gasteiger partial charge on any atom is -0.352 e. The van der Waals surface area contributed by atoms with Crippen LogP contribution < -0.4 is 5.32 Å². The van der Waals surface area contributed by atoms with Gasteiger partial charge in [0, 0.05) is 32.2 Å².